The summed E-state index contributed by atoms with van der Waals surface area (Å²) >= 11 is 0. The standard InChI is InChI=1S/C24H33N3O3S/c1-18-15-19(2)17-22(16-18)27(31(4,29)30)20(3)24(28)25-12-8-14-26-13-7-10-21-9-5-6-11-23(21)26/h5-6,9,11,15-17,20H,7-8,10,12-14H2,1-4H3,(H,25,28). The molecular formula is C24H33N3O3S. The minimum Gasteiger partial charge on any atom is -0.371 e. The van der Waals surface area contributed by atoms with Gasteiger partial charge in [0.05, 0.1) is 11.9 Å². The minimum absolute atomic E-state index is 0.288. The quantitative estimate of drug-likeness (QED) is 0.635. The van der Waals surface area contributed by atoms with Crippen LogP contribution in [0.25, 0.3) is 0 Å². The van der Waals surface area contributed by atoms with E-state index in [-0.39, 0.29) is 5.91 Å². The van der Waals surface area contributed by atoms with Gasteiger partial charge in [0.15, 0.2) is 0 Å². The molecule has 1 amide bonds. The summed E-state index contributed by atoms with van der Waals surface area (Å²) in [6, 6.07) is 13.2. The molecule has 0 radical (unpaired) electrons. The van der Waals surface area contributed by atoms with Gasteiger partial charge in [0.1, 0.15) is 6.04 Å². The number of benzene rings is 2. The Balaban J connectivity index is 1.60. The number of aryl methyl sites for hydroxylation is 3. The number of carbonyl (C=O) groups is 1. The summed E-state index contributed by atoms with van der Waals surface area (Å²) in [4.78, 5) is 15.2. The van der Waals surface area contributed by atoms with Crippen molar-refractivity contribution in [1.82, 2.24) is 5.32 Å². The summed E-state index contributed by atoms with van der Waals surface area (Å²) in [5, 5.41) is 2.93. The van der Waals surface area contributed by atoms with E-state index in [4.69, 9.17) is 0 Å². The van der Waals surface area contributed by atoms with Gasteiger partial charge < -0.3 is 10.2 Å². The van der Waals surface area contributed by atoms with Gasteiger partial charge in [-0.2, -0.15) is 0 Å². The summed E-state index contributed by atoms with van der Waals surface area (Å²) < 4.78 is 26.2. The van der Waals surface area contributed by atoms with E-state index >= 15 is 0 Å². The van der Waals surface area contributed by atoms with Crippen molar-refractivity contribution in [2.75, 3.05) is 35.1 Å². The molecule has 168 valence electrons. The van der Waals surface area contributed by atoms with Crippen LogP contribution >= 0.6 is 0 Å². The molecule has 0 spiro atoms. The molecule has 1 heterocycles. The zero-order valence-corrected chi connectivity index (χ0v) is 19.7. The fourth-order valence-corrected chi connectivity index (χ4v) is 5.52. The SMILES string of the molecule is Cc1cc(C)cc(N(C(C)C(=O)NCCCN2CCCc3ccccc32)S(C)(=O)=O)c1. The van der Waals surface area contributed by atoms with Crippen LogP contribution in [0.2, 0.25) is 0 Å². The van der Waals surface area contributed by atoms with Crippen molar-refractivity contribution in [2.24, 2.45) is 0 Å². The molecule has 2 aromatic carbocycles. The third-order valence-corrected chi connectivity index (χ3v) is 6.90. The monoisotopic (exact) mass is 443 g/mol. The van der Waals surface area contributed by atoms with Crippen molar-refractivity contribution in [3.05, 3.63) is 59.2 Å². The first-order chi connectivity index (χ1) is 14.7. The topological polar surface area (TPSA) is 69.7 Å². The van der Waals surface area contributed by atoms with Crippen molar-refractivity contribution < 1.29 is 13.2 Å². The predicted molar refractivity (Wildman–Crippen MR) is 127 cm³/mol. The number of nitrogens with zero attached hydrogens (tertiary/aromatic N) is 2. The summed E-state index contributed by atoms with van der Waals surface area (Å²) in [5.41, 5.74) is 5.10. The van der Waals surface area contributed by atoms with Gasteiger partial charge in [-0.25, -0.2) is 8.42 Å². The summed E-state index contributed by atoms with van der Waals surface area (Å²) in [7, 11) is -3.61. The number of nitrogens with one attached hydrogen (secondary N) is 1. The normalized spacial score (nSPS) is 14.6. The molecule has 2 aromatic rings. The van der Waals surface area contributed by atoms with Crippen LogP contribution in [0.3, 0.4) is 0 Å². The molecule has 0 fully saturated rings. The average molecular weight is 444 g/mol. The van der Waals surface area contributed by atoms with Crippen LogP contribution in [-0.4, -0.2) is 46.3 Å². The van der Waals surface area contributed by atoms with Crippen LogP contribution in [-0.2, 0) is 21.2 Å². The van der Waals surface area contributed by atoms with Crippen molar-refractivity contribution in [1.29, 1.82) is 0 Å². The molecule has 3 rings (SSSR count). The largest absolute Gasteiger partial charge is 0.371 e. The molecule has 0 aliphatic carbocycles. The highest BCUT2D eigenvalue weighted by Gasteiger charge is 2.29. The molecule has 1 unspecified atom stereocenters. The van der Waals surface area contributed by atoms with Crippen LogP contribution in [0.1, 0.15) is 36.5 Å². The van der Waals surface area contributed by atoms with E-state index in [9.17, 15) is 13.2 Å². The first kappa shape index (κ1) is 23.1. The second-order valence-corrected chi connectivity index (χ2v) is 10.3. The Labute approximate surface area is 186 Å². The Morgan fingerprint density at radius 3 is 2.52 bits per heavy atom. The maximum absolute atomic E-state index is 12.8. The Bertz CT molecular complexity index is 1020. The Hall–Kier alpha value is -2.54. The number of anilines is 2. The molecule has 0 aromatic heterocycles. The van der Waals surface area contributed by atoms with Gasteiger partial charge in [-0.1, -0.05) is 24.3 Å². The van der Waals surface area contributed by atoms with Gasteiger partial charge in [0.25, 0.3) is 0 Å². The highest BCUT2D eigenvalue weighted by Crippen LogP contribution is 2.27. The minimum atomic E-state index is -3.61. The lowest BCUT2D eigenvalue weighted by molar-refractivity contribution is -0.121. The molecule has 1 aliphatic heterocycles. The molecule has 0 saturated carbocycles. The van der Waals surface area contributed by atoms with E-state index in [0.29, 0.717) is 12.2 Å². The fourth-order valence-electron chi connectivity index (χ4n) is 4.36. The zero-order chi connectivity index (χ0) is 22.6. The second-order valence-electron chi connectivity index (χ2n) is 8.44. The lowest BCUT2D eigenvalue weighted by Gasteiger charge is -2.31. The number of hydrogen-bond donors (Lipinski definition) is 1. The van der Waals surface area contributed by atoms with Crippen LogP contribution in [0.4, 0.5) is 11.4 Å². The van der Waals surface area contributed by atoms with Crippen molar-refractivity contribution in [3.63, 3.8) is 0 Å². The molecule has 0 saturated heterocycles. The second kappa shape index (κ2) is 9.73. The number of sulfonamides is 1. The molecule has 1 N–H and O–H groups in total. The number of rotatable bonds is 8. The number of carbonyl (C=O) groups excluding carboxylic acids is 1. The smallest absolute Gasteiger partial charge is 0.243 e. The third-order valence-electron chi connectivity index (χ3n) is 5.66. The maximum Gasteiger partial charge on any atom is 0.243 e. The van der Waals surface area contributed by atoms with E-state index < -0.39 is 16.1 Å². The van der Waals surface area contributed by atoms with Crippen LogP contribution < -0.4 is 14.5 Å². The summed E-state index contributed by atoms with van der Waals surface area (Å²) in [6.45, 7) is 7.86. The molecule has 7 heteroatoms. The summed E-state index contributed by atoms with van der Waals surface area (Å²) in [5.74, 6) is -0.288. The van der Waals surface area contributed by atoms with Crippen LogP contribution in [0.5, 0.6) is 0 Å². The van der Waals surface area contributed by atoms with E-state index in [1.165, 1.54) is 15.6 Å². The van der Waals surface area contributed by atoms with Crippen LogP contribution in [0, 0.1) is 13.8 Å². The zero-order valence-electron chi connectivity index (χ0n) is 18.9. The molecular weight excluding hydrogens is 410 g/mol. The first-order valence-electron chi connectivity index (χ1n) is 10.8. The molecule has 6 nitrogen and oxygen atoms in total. The Morgan fingerprint density at radius 2 is 1.84 bits per heavy atom. The van der Waals surface area contributed by atoms with Crippen molar-refractivity contribution in [3.8, 4) is 0 Å². The fraction of sp³-hybridized carbons (Fsp3) is 0.458. The number of para-hydroxylation sites is 1. The van der Waals surface area contributed by atoms with Gasteiger partial charge >= 0.3 is 0 Å². The predicted octanol–water partition coefficient (Wildman–Crippen LogP) is 3.42. The molecule has 31 heavy (non-hydrogen) atoms. The number of hydrogen-bond acceptors (Lipinski definition) is 4. The number of fused-ring (bicyclic) bond motifs is 1. The maximum atomic E-state index is 12.8. The lowest BCUT2D eigenvalue weighted by atomic mass is 10.0. The van der Waals surface area contributed by atoms with Crippen LogP contribution in [0.15, 0.2) is 42.5 Å². The van der Waals surface area contributed by atoms with Crippen molar-refractivity contribution in [2.45, 2.75) is 46.1 Å². The molecule has 1 aliphatic rings. The van der Waals surface area contributed by atoms with Gasteiger partial charge in [-0.05, 0) is 74.9 Å². The highest BCUT2D eigenvalue weighted by molar-refractivity contribution is 7.92. The third kappa shape index (κ3) is 5.79. The Kier molecular flexibility index (Phi) is 7.26. The summed E-state index contributed by atoms with van der Waals surface area (Å²) in [6.07, 6.45) is 4.19. The van der Waals surface area contributed by atoms with Gasteiger partial charge in [0, 0.05) is 25.3 Å². The van der Waals surface area contributed by atoms with Crippen molar-refractivity contribution >= 4 is 27.3 Å². The van der Waals surface area contributed by atoms with E-state index in [2.05, 4.69) is 34.5 Å². The van der Waals surface area contributed by atoms with E-state index in [1.807, 2.05) is 19.9 Å². The van der Waals surface area contributed by atoms with Gasteiger partial charge in [-0.15, -0.1) is 0 Å². The Morgan fingerprint density at radius 1 is 1.16 bits per heavy atom. The van der Waals surface area contributed by atoms with E-state index in [1.54, 1.807) is 19.1 Å². The molecule has 1 atom stereocenters. The van der Waals surface area contributed by atoms with Gasteiger partial charge in [0.2, 0.25) is 15.9 Å². The lowest BCUT2D eigenvalue weighted by Crippen LogP contribution is -2.48. The average Bonchev–Trinajstić information content (AvgIpc) is 2.69. The number of amides is 1. The first-order valence-corrected chi connectivity index (χ1v) is 12.7. The van der Waals surface area contributed by atoms with Gasteiger partial charge in [-0.3, -0.25) is 9.10 Å². The highest BCUT2D eigenvalue weighted by atomic mass is 32.2. The molecule has 0 bridgehead atoms. The van der Waals surface area contributed by atoms with E-state index in [0.717, 1.165) is 49.7 Å².